The molecule has 1 aromatic heterocycles. The van der Waals surface area contributed by atoms with Crippen molar-refractivity contribution in [3.05, 3.63) is 42.5 Å². The summed E-state index contributed by atoms with van der Waals surface area (Å²) in [6.45, 7) is 0.0185. The highest BCUT2D eigenvalue weighted by molar-refractivity contribution is 6.06. The summed E-state index contributed by atoms with van der Waals surface area (Å²) in [6, 6.07) is 12.9. The van der Waals surface area contributed by atoms with Gasteiger partial charge < -0.3 is 24.8 Å². The number of anilines is 1. The van der Waals surface area contributed by atoms with Gasteiger partial charge in [-0.25, -0.2) is 4.79 Å². The number of nitrogens with zero attached hydrogens (tertiary/aromatic N) is 1. The Kier molecular flexibility index (Phi) is 4.45. The molecule has 23 heavy (non-hydrogen) atoms. The first-order chi connectivity index (χ1) is 11.2. The van der Waals surface area contributed by atoms with Gasteiger partial charge in [0.25, 0.3) is 0 Å². The van der Waals surface area contributed by atoms with E-state index in [1.165, 1.54) is 4.90 Å². The Morgan fingerprint density at radius 1 is 1.00 bits per heavy atom. The zero-order chi connectivity index (χ0) is 16.2. The molecule has 3 aromatic rings. The van der Waals surface area contributed by atoms with Gasteiger partial charge >= 0.3 is 6.03 Å². The van der Waals surface area contributed by atoms with E-state index in [4.69, 9.17) is 14.6 Å². The molecule has 0 saturated heterocycles. The van der Waals surface area contributed by atoms with Gasteiger partial charge in [-0.05, 0) is 18.2 Å². The van der Waals surface area contributed by atoms with Crippen LogP contribution in [0.15, 0.2) is 46.9 Å². The molecule has 0 atom stereocenters. The lowest BCUT2D eigenvalue weighted by Gasteiger charge is -2.21. The minimum atomic E-state index is -0.372. The molecule has 3 rings (SSSR count). The van der Waals surface area contributed by atoms with Crippen LogP contribution in [0.5, 0.6) is 0 Å². The van der Waals surface area contributed by atoms with Crippen molar-refractivity contribution in [3.8, 4) is 0 Å². The topological polar surface area (TPSA) is 85.9 Å². The fraction of sp³-hybridized carbons (Fsp3) is 0.235. The molecule has 0 saturated carbocycles. The predicted molar refractivity (Wildman–Crippen MR) is 88.5 cm³/mol. The van der Waals surface area contributed by atoms with E-state index in [9.17, 15) is 4.79 Å². The molecule has 0 aliphatic rings. The highest BCUT2D eigenvalue weighted by Crippen LogP contribution is 2.30. The number of aliphatic hydroxyl groups is 2. The molecule has 6 nitrogen and oxygen atoms in total. The molecule has 0 spiro atoms. The molecule has 2 amide bonds. The minimum absolute atomic E-state index is 0.157. The molecular formula is C17H18N2O4. The third-order valence-electron chi connectivity index (χ3n) is 3.66. The summed E-state index contributed by atoms with van der Waals surface area (Å²) in [6.07, 6.45) is 0. The average Bonchev–Trinajstić information content (AvgIpc) is 2.92. The number of hydrogen-bond donors (Lipinski definition) is 3. The maximum Gasteiger partial charge on any atom is 0.322 e. The number of benzene rings is 2. The molecule has 0 aliphatic carbocycles. The van der Waals surface area contributed by atoms with E-state index >= 15 is 0 Å². The van der Waals surface area contributed by atoms with Crippen molar-refractivity contribution in [2.75, 3.05) is 31.6 Å². The number of rotatable bonds is 5. The fourth-order valence-corrected chi connectivity index (χ4v) is 2.56. The number of urea groups is 1. The number of carbonyl (C=O) groups is 1. The van der Waals surface area contributed by atoms with Gasteiger partial charge in [0.15, 0.2) is 0 Å². The predicted octanol–water partition coefficient (Wildman–Crippen LogP) is 2.40. The molecule has 120 valence electrons. The Balaban J connectivity index is 1.85. The van der Waals surface area contributed by atoms with Crippen LogP contribution < -0.4 is 5.32 Å². The minimum Gasteiger partial charge on any atom is -0.456 e. The lowest BCUT2D eigenvalue weighted by Crippen LogP contribution is -2.38. The summed E-state index contributed by atoms with van der Waals surface area (Å²) in [5.41, 5.74) is 2.09. The molecule has 0 unspecified atom stereocenters. The van der Waals surface area contributed by atoms with Gasteiger partial charge in [0, 0.05) is 35.6 Å². The van der Waals surface area contributed by atoms with E-state index in [1.807, 2.05) is 30.3 Å². The Morgan fingerprint density at radius 2 is 1.70 bits per heavy atom. The summed E-state index contributed by atoms with van der Waals surface area (Å²) < 4.78 is 5.79. The van der Waals surface area contributed by atoms with Crippen LogP contribution in [0.25, 0.3) is 21.9 Å². The van der Waals surface area contributed by atoms with E-state index in [0.717, 1.165) is 16.4 Å². The third-order valence-corrected chi connectivity index (χ3v) is 3.66. The second-order valence-corrected chi connectivity index (χ2v) is 5.17. The fourth-order valence-electron chi connectivity index (χ4n) is 2.56. The van der Waals surface area contributed by atoms with Gasteiger partial charge in [0.05, 0.1) is 13.2 Å². The number of carbonyl (C=O) groups excluding carboxylic acids is 1. The standard InChI is InChI=1S/C17H18N2O4/c20-9-7-19(8-10-21)17(22)18-12-5-6-14-13-3-1-2-4-15(13)23-16(14)11-12/h1-6,11,20-21H,7-10H2,(H,18,22). The first-order valence-corrected chi connectivity index (χ1v) is 7.42. The lowest BCUT2D eigenvalue weighted by atomic mass is 10.1. The summed E-state index contributed by atoms with van der Waals surface area (Å²) in [7, 11) is 0. The van der Waals surface area contributed by atoms with Crippen LogP contribution >= 0.6 is 0 Å². The molecule has 0 bridgehead atoms. The highest BCUT2D eigenvalue weighted by Gasteiger charge is 2.13. The average molecular weight is 314 g/mol. The van der Waals surface area contributed by atoms with Crippen LogP contribution in [0.3, 0.4) is 0 Å². The number of fused-ring (bicyclic) bond motifs is 3. The van der Waals surface area contributed by atoms with Gasteiger partial charge in [-0.3, -0.25) is 0 Å². The van der Waals surface area contributed by atoms with Crippen LogP contribution in [0.4, 0.5) is 10.5 Å². The van der Waals surface area contributed by atoms with Crippen molar-refractivity contribution >= 4 is 33.7 Å². The maximum atomic E-state index is 12.2. The molecule has 0 radical (unpaired) electrons. The molecule has 1 heterocycles. The zero-order valence-electron chi connectivity index (χ0n) is 12.5. The van der Waals surface area contributed by atoms with Crippen LogP contribution in [0, 0.1) is 0 Å². The monoisotopic (exact) mass is 314 g/mol. The second kappa shape index (κ2) is 6.68. The van der Waals surface area contributed by atoms with Gasteiger partial charge in [-0.1, -0.05) is 18.2 Å². The largest absolute Gasteiger partial charge is 0.456 e. The summed E-state index contributed by atoms with van der Waals surface area (Å²) >= 11 is 0. The molecule has 2 aromatic carbocycles. The van der Waals surface area contributed by atoms with Crippen molar-refractivity contribution in [3.63, 3.8) is 0 Å². The van der Waals surface area contributed by atoms with Gasteiger partial charge in [0.1, 0.15) is 11.2 Å². The zero-order valence-corrected chi connectivity index (χ0v) is 12.5. The summed E-state index contributed by atoms with van der Waals surface area (Å²) in [4.78, 5) is 13.5. The Bertz CT molecular complexity index is 822. The van der Waals surface area contributed by atoms with Crippen molar-refractivity contribution in [2.45, 2.75) is 0 Å². The van der Waals surface area contributed by atoms with Crippen molar-refractivity contribution in [1.82, 2.24) is 4.90 Å². The van der Waals surface area contributed by atoms with E-state index < -0.39 is 0 Å². The number of hydrogen-bond acceptors (Lipinski definition) is 4. The van der Waals surface area contributed by atoms with Gasteiger partial charge in [-0.15, -0.1) is 0 Å². The molecule has 0 aliphatic heterocycles. The Hall–Kier alpha value is -2.57. The molecule has 3 N–H and O–H groups in total. The van der Waals surface area contributed by atoms with E-state index in [1.54, 1.807) is 12.1 Å². The number of nitrogens with one attached hydrogen (secondary N) is 1. The molecular weight excluding hydrogens is 296 g/mol. The second-order valence-electron chi connectivity index (χ2n) is 5.17. The number of amides is 2. The Morgan fingerprint density at radius 3 is 2.43 bits per heavy atom. The lowest BCUT2D eigenvalue weighted by molar-refractivity contribution is 0.167. The summed E-state index contributed by atoms with van der Waals surface area (Å²) in [5.74, 6) is 0. The Labute approximate surface area is 132 Å². The summed E-state index contributed by atoms with van der Waals surface area (Å²) in [5, 5.41) is 22.7. The SMILES string of the molecule is O=C(Nc1ccc2c(c1)oc1ccccc12)N(CCO)CCO. The molecule has 0 fully saturated rings. The maximum absolute atomic E-state index is 12.2. The van der Waals surface area contributed by atoms with Gasteiger partial charge in [-0.2, -0.15) is 0 Å². The number of para-hydroxylation sites is 1. The van der Waals surface area contributed by atoms with Crippen molar-refractivity contribution in [1.29, 1.82) is 0 Å². The van der Waals surface area contributed by atoms with Crippen LogP contribution in [0.1, 0.15) is 0 Å². The van der Waals surface area contributed by atoms with E-state index in [0.29, 0.717) is 11.3 Å². The number of furan rings is 1. The first kappa shape index (κ1) is 15.3. The van der Waals surface area contributed by atoms with Crippen molar-refractivity contribution in [2.24, 2.45) is 0 Å². The van der Waals surface area contributed by atoms with Gasteiger partial charge in [0.2, 0.25) is 0 Å². The van der Waals surface area contributed by atoms with E-state index in [-0.39, 0.29) is 32.3 Å². The van der Waals surface area contributed by atoms with Crippen molar-refractivity contribution < 1.29 is 19.4 Å². The first-order valence-electron chi connectivity index (χ1n) is 7.42. The highest BCUT2D eigenvalue weighted by atomic mass is 16.3. The normalized spacial score (nSPS) is 11.0. The quantitative estimate of drug-likeness (QED) is 0.675. The molecule has 6 heteroatoms. The smallest absolute Gasteiger partial charge is 0.322 e. The third kappa shape index (κ3) is 3.13. The van der Waals surface area contributed by atoms with E-state index in [2.05, 4.69) is 5.32 Å². The van der Waals surface area contributed by atoms with Crippen LogP contribution in [-0.2, 0) is 0 Å². The number of aliphatic hydroxyl groups excluding tert-OH is 2. The van der Waals surface area contributed by atoms with Crippen LogP contribution in [0.2, 0.25) is 0 Å². The van der Waals surface area contributed by atoms with Crippen LogP contribution in [-0.4, -0.2) is 47.4 Å².